The van der Waals surface area contributed by atoms with Gasteiger partial charge in [-0.1, -0.05) is 18.2 Å². The average molecular weight is 310 g/mol. The Bertz CT molecular complexity index is 837. The minimum absolute atomic E-state index is 0.293. The zero-order chi connectivity index (χ0) is 16.4. The number of fused-ring (bicyclic) bond motifs is 1. The summed E-state index contributed by atoms with van der Waals surface area (Å²) in [6, 6.07) is 13.0. The lowest BCUT2D eigenvalue weighted by molar-refractivity contribution is -0.138. The van der Waals surface area contributed by atoms with E-state index in [0.717, 1.165) is 33.3 Å². The lowest BCUT2D eigenvalue weighted by Crippen LogP contribution is -2.32. The molecular formula is C18H18N2O3. The van der Waals surface area contributed by atoms with E-state index in [1.807, 2.05) is 42.6 Å². The molecule has 1 aromatic heterocycles. The van der Waals surface area contributed by atoms with Crippen molar-refractivity contribution in [1.29, 1.82) is 0 Å². The molecule has 0 aliphatic rings. The maximum Gasteiger partial charge on any atom is 0.320 e. The van der Waals surface area contributed by atoms with Crippen molar-refractivity contribution in [3.8, 4) is 16.9 Å². The van der Waals surface area contributed by atoms with Crippen LogP contribution in [0.4, 0.5) is 0 Å². The quantitative estimate of drug-likeness (QED) is 0.676. The first-order valence-electron chi connectivity index (χ1n) is 7.31. The number of nitrogens with two attached hydrogens (primary N) is 1. The summed E-state index contributed by atoms with van der Waals surface area (Å²) >= 11 is 0. The fourth-order valence-electron chi connectivity index (χ4n) is 2.63. The van der Waals surface area contributed by atoms with Crippen molar-refractivity contribution in [3.05, 3.63) is 54.2 Å². The van der Waals surface area contributed by atoms with Crippen LogP contribution in [0.25, 0.3) is 22.0 Å². The SMILES string of the molecule is COc1ccc(-c2ccc3[nH]cc(C[C@H](N)C(=O)O)c3c2)cc1. The van der Waals surface area contributed by atoms with Crippen LogP contribution in [0.2, 0.25) is 0 Å². The molecule has 2 aromatic carbocycles. The number of aliphatic carboxylic acids is 1. The van der Waals surface area contributed by atoms with E-state index in [1.165, 1.54) is 0 Å². The molecule has 4 N–H and O–H groups in total. The van der Waals surface area contributed by atoms with E-state index < -0.39 is 12.0 Å². The second-order valence-corrected chi connectivity index (χ2v) is 5.45. The second kappa shape index (κ2) is 6.14. The number of methoxy groups -OCH3 is 1. The molecule has 3 rings (SSSR count). The third kappa shape index (κ3) is 3.05. The third-order valence-electron chi connectivity index (χ3n) is 3.95. The maximum absolute atomic E-state index is 11.0. The number of aromatic nitrogens is 1. The molecule has 1 heterocycles. The van der Waals surface area contributed by atoms with Crippen molar-refractivity contribution in [2.45, 2.75) is 12.5 Å². The van der Waals surface area contributed by atoms with Gasteiger partial charge in [0.15, 0.2) is 0 Å². The molecule has 5 nitrogen and oxygen atoms in total. The smallest absolute Gasteiger partial charge is 0.320 e. The second-order valence-electron chi connectivity index (χ2n) is 5.45. The first-order valence-corrected chi connectivity index (χ1v) is 7.31. The van der Waals surface area contributed by atoms with Gasteiger partial charge >= 0.3 is 5.97 Å². The molecule has 0 bridgehead atoms. The number of ether oxygens (including phenoxy) is 1. The van der Waals surface area contributed by atoms with Gasteiger partial charge < -0.3 is 20.6 Å². The van der Waals surface area contributed by atoms with Gasteiger partial charge in [0.25, 0.3) is 0 Å². The highest BCUT2D eigenvalue weighted by molar-refractivity contribution is 5.88. The normalized spacial score (nSPS) is 12.3. The van der Waals surface area contributed by atoms with Gasteiger partial charge in [0.1, 0.15) is 11.8 Å². The van der Waals surface area contributed by atoms with Crippen molar-refractivity contribution in [2.24, 2.45) is 5.73 Å². The maximum atomic E-state index is 11.0. The fraction of sp³-hybridized carbons (Fsp3) is 0.167. The Kier molecular flexibility index (Phi) is 4.04. The summed E-state index contributed by atoms with van der Waals surface area (Å²) < 4.78 is 5.17. The lowest BCUT2D eigenvalue weighted by atomic mass is 10.0. The molecule has 0 amide bonds. The van der Waals surface area contributed by atoms with Crippen LogP contribution < -0.4 is 10.5 Å². The number of carboxylic acid groups (broad SMARTS) is 1. The summed E-state index contributed by atoms with van der Waals surface area (Å²) in [6.07, 6.45) is 2.12. The summed E-state index contributed by atoms with van der Waals surface area (Å²) in [5.74, 6) is -0.185. The monoisotopic (exact) mass is 310 g/mol. The Morgan fingerprint density at radius 3 is 2.57 bits per heavy atom. The first kappa shape index (κ1) is 15.1. The molecular weight excluding hydrogens is 292 g/mol. The molecule has 0 unspecified atom stereocenters. The number of benzene rings is 2. The van der Waals surface area contributed by atoms with Crippen molar-refractivity contribution >= 4 is 16.9 Å². The third-order valence-corrected chi connectivity index (χ3v) is 3.95. The van der Waals surface area contributed by atoms with Crippen LogP contribution in [0, 0.1) is 0 Å². The van der Waals surface area contributed by atoms with E-state index in [2.05, 4.69) is 11.1 Å². The average Bonchev–Trinajstić information content (AvgIpc) is 2.97. The van der Waals surface area contributed by atoms with E-state index in [0.29, 0.717) is 6.42 Å². The van der Waals surface area contributed by atoms with Crippen LogP contribution in [-0.2, 0) is 11.2 Å². The highest BCUT2D eigenvalue weighted by Gasteiger charge is 2.15. The topological polar surface area (TPSA) is 88.3 Å². The number of nitrogens with one attached hydrogen (secondary N) is 1. The molecule has 0 fully saturated rings. The number of rotatable bonds is 5. The first-order chi connectivity index (χ1) is 11.1. The number of hydrogen-bond donors (Lipinski definition) is 3. The Morgan fingerprint density at radius 1 is 1.22 bits per heavy atom. The Balaban J connectivity index is 1.98. The van der Waals surface area contributed by atoms with Gasteiger partial charge in [-0.05, 0) is 41.0 Å². The molecule has 5 heteroatoms. The van der Waals surface area contributed by atoms with Crippen LogP contribution >= 0.6 is 0 Å². The zero-order valence-corrected chi connectivity index (χ0v) is 12.7. The molecule has 0 aliphatic carbocycles. The van der Waals surface area contributed by atoms with Crippen LogP contribution in [-0.4, -0.2) is 29.2 Å². The fourth-order valence-corrected chi connectivity index (χ4v) is 2.63. The summed E-state index contributed by atoms with van der Waals surface area (Å²) in [7, 11) is 1.64. The minimum Gasteiger partial charge on any atom is -0.497 e. The van der Waals surface area contributed by atoms with E-state index in [-0.39, 0.29) is 0 Å². The van der Waals surface area contributed by atoms with Crippen molar-refractivity contribution in [2.75, 3.05) is 7.11 Å². The molecule has 3 aromatic rings. The van der Waals surface area contributed by atoms with Gasteiger partial charge in [-0.25, -0.2) is 0 Å². The largest absolute Gasteiger partial charge is 0.497 e. The molecule has 0 aliphatic heterocycles. The summed E-state index contributed by atoms with van der Waals surface area (Å²) in [6.45, 7) is 0. The lowest BCUT2D eigenvalue weighted by Gasteiger charge is -2.07. The van der Waals surface area contributed by atoms with Gasteiger partial charge in [-0.2, -0.15) is 0 Å². The van der Waals surface area contributed by atoms with E-state index >= 15 is 0 Å². The Morgan fingerprint density at radius 2 is 1.91 bits per heavy atom. The van der Waals surface area contributed by atoms with Gasteiger partial charge in [-0.15, -0.1) is 0 Å². The Hall–Kier alpha value is -2.79. The van der Waals surface area contributed by atoms with E-state index in [4.69, 9.17) is 15.6 Å². The highest BCUT2D eigenvalue weighted by Crippen LogP contribution is 2.28. The number of carbonyl (C=O) groups is 1. The molecule has 0 saturated heterocycles. The number of hydrogen-bond acceptors (Lipinski definition) is 3. The summed E-state index contributed by atoms with van der Waals surface area (Å²) in [4.78, 5) is 14.1. The van der Waals surface area contributed by atoms with Gasteiger partial charge in [0.05, 0.1) is 7.11 Å². The number of aromatic amines is 1. The van der Waals surface area contributed by atoms with Gasteiger partial charge in [-0.3, -0.25) is 4.79 Å². The van der Waals surface area contributed by atoms with Crippen LogP contribution in [0.15, 0.2) is 48.7 Å². The van der Waals surface area contributed by atoms with Crippen molar-refractivity contribution in [3.63, 3.8) is 0 Å². The molecule has 118 valence electrons. The van der Waals surface area contributed by atoms with Crippen molar-refractivity contribution in [1.82, 2.24) is 4.98 Å². The van der Waals surface area contributed by atoms with Crippen LogP contribution in [0.1, 0.15) is 5.56 Å². The highest BCUT2D eigenvalue weighted by atomic mass is 16.5. The molecule has 1 atom stereocenters. The van der Waals surface area contributed by atoms with Crippen LogP contribution in [0.3, 0.4) is 0 Å². The van der Waals surface area contributed by atoms with Gasteiger partial charge in [0, 0.05) is 23.5 Å². The zero-order valence-electron chi connectivity index (χ0n) is 12.7. The molecule has 0 radical (unpaired) electrons. The summed E-state index contributed by atoms with van der Waals surface area (Å²) in [5, 5.41) is 9.98. The molecule has 23 heavy (non-hydrogen) atoms. The van der Waals surface area contributed by atoms with E-state index in [1.54, 1.807) is 7.11 Å². The van der Waals surface area contributed by atoms with Gasteiger partial charge in [0.2, 0.25) is 0 Å². The molecule has 0 spiro atoms. The van der Waals surface area contributed by atoms with Crippen molar-refractivity contribution < 1.29 is 14.6 Å². The standard InChI is InChI=1S/C18H18N2O3/c1-23-14-5-2-11(3-6-14)12-4-7-17-15(8-12)13(10-20-17)9-16(19)18(21)22/h2-8,10,16,20H,9,19H2,1H3,(H,21,22)/t16-/m0/s1. The number of H-pyrrole nitrogens is 1. The Labute approximate surface area is 133 Å². The predicted octanol–water partition coefficient (Wildman–Crippen LogP) is 2.80. The molecule has 0 saturated carbocycles. The van der Waals surface area contributed by atoms with E-state index in [9.17, 15) is 4.79 Å². The predicted molar refractivity (Wildman–Crippen MR) is 89.6 cm³/mol. The summed E-state index contributed by atoms with van der Waals surface area (Å²) in [5.41, 5.74) is 9.66. The minimum atomic E-state index is -0.995. The van der Waals surface area contributed by atoms with Crippen LogP contribution in [0.5, 0.6) is 5.75 Å². The number of carboxylic acids is 1.